The summed E-state index contributed by atoms with van der Waals surface area (Å²) < 4.78 is 37.0. The number of fused-ring (bicyclic) bond motifs is 1. The maximum atomic E-state index is 15.1. The van der Waals surface area contributed by atoms with E-state index in [-0.39, 0.29) is 41.7 Å². The van der Waals surface area contributed by atoms with E-state index in [1.54, 1.807) is 18.3 Å². The fraction of sp³-hybridized carbons (Fsp3) is 0.375. The molecule has 6 rings (SSSR count). The van der Waals surface area contributed by atoms with Crippen LogP contribution in [0.2, 0.25) is 0 Å². The Kier molecular flexibility index (Phi) is 4.82. The number of ether oxygens (including phenoxy) is 1. The first-order valence-corrected chi connectivity index (χ1v) is 11.3. The van der Waals surface area contributed by atoms with Gasteiger partial charge in [-0.05, 0) is 25.2 Å². The normalized spacial score (nSPS) is 27.5. The van der Waals surface area contributed by atoms with Crippen LogP contribution in [0.25, 0.3) is 11.1 Å². The summed E-state index contributed by atoms with van der Waals surface area (Å²) in [5.74, 6) is -1.17. The molecule has 11 heteroatoms. The van der Waals surface area contributed by atoms with Crippen LogP contribution in [0.1, 0.15) is 5.69 Å². The molecule has 3 aromatic rings. The Bertz CT molecular complexity index is 1300. The predicted octanol–water partition coefficient (Wildman–Crippen LogP) is 2.60. The fourth-order valence-electron chi connectivity index (χ4n) is 5.57. The number of nitrogens with zero attached hydrogens (tertiary/aromatic N) is 7. The van der Waals surface area contributed by atoms with E-state index in [0.29, 0.717) is 5.69 Å². The maximum absolute atomic E-state index is 15.1. The number of rotatable bonds is 5. The lowest BCUT2D eigenvalue weighted by atomic mass is 9.95. The Hall–Kier alpha value is -3.91. The van der Waals surface area contributed by atoms with Gasteiger partial charge in [-0.15, -0.1) is 5.10 Å². The molecule has 178 valence electrons. The molecule has 1 amide bonds. The van der Waals surface area contributed by atoms with Crippen LogP contribution in [-0.4, -0.2) is 63.8 Å². The first-order chi connectivity index (χ1) is 16.9. The second-order valence-electron chi connectivity index (χ2n) is 9.37. The second kappa shape index (κ2) is 7.81. The highest BCUT2D eigenvalue weighted by atomic mass is 19.1. The molecule has 0 radical (unpaired) electrons. The summed E-state index contributed by atoms with van der Waals surface area (Å²) in [7, 11) is 2.03. The van der Waals surface area contributed by atoms with Gasteiger partial charge in [-0.25, -0.2) is 18.3 Å². The predicted molar refractivity (Wildman–Crippen MR) is 119 cm³/mol. The molecular weight excluding hydrogens is 456 g/mol. The van der Waals surface area contributed by atoms with Crippen molar-refractivity contribution >= 4 is 11.8 Å². The van der Waals surface area contributed by atoms with E-state index in [4.69, 9.17) is 4.74 Å². The third-order valence-corrected chi connectivity index (χ3v) is 7.30. The lowest BCUT2D eigenvalue weighted by Crippen LogP contribution is -2.27. The number of aromatic nitrogens is 4. The largest absolute Gasteiger partial charge is 0.442 e. The molecule has 9 nitrogen and oxygen atoms in total. The van der Waals surface area contributed by atoms with Gasteiger partial charge in [0.1, 0.15) is 23.2 Å². The number of anilines is 1. The number of hydrogen-bond acceptors (Lipinski definition) is 7. The lowest BCUT2D eigenvalue weighted by molar-refractivity contribution is 0.129. The number of cyclic esters (lactones) is 1. The van der Waals surface area contributed by atoms with Crippen LogP contribution in [0, 0.1) is 34.8 Å². The van der Waals surface area contributed by atoms with E-state index in [9.17, 15) is 10.1 Å². The molecule has 3 aliphatic rings. The zero-order valence-electron chi connectivity index (χ0n) is 18.8. The van der Waals surface area contributed by atoms with Crippen molar-refractivity contribution in [1.29, 1.82) is 5.26 Å². The number of pyridine rings is 1. The van der Waals surface area contributed by atoms with E-state index in [1.165, 1.54) is 22.0 Å². The number of benzene rings is 1. The fourth-order valence-corrected chi connectivity index (χ4v) is 5.57. The number of likely N-dealkylation sites (tertiary alicyclic amines) is 1. The van der Waals surface area contributed by atoms with Gasteiger partial charge in [0.05, 0.1) is 42.3 Å². The summed E-state index contributed by atoms with van der Waals surface area (Å²) in [4.78, 5) is 20.2. The highest BCUT2D eigenvalue weighted by molar-refractivity contribution is 5.90. The van der Waals surface area contributed by atoms with Crippen molar-refractivity contribution in [2.24, 2.45) is 11.8 Å². The third-order valence-electron chi connectivity index (χ3n) is 7.30. The Labute approximate surface area is 199 Å². The topological polar surface area (TPSA) is 100 Å². The first-order valence-electron chi connectivity index (χ1n) is 11.3. The van der Waals surface area contributed by atoms with Crippen LogP contribution in [0.3, 0.4) is 0 Å². The molecule has 3 fully saturated rings. The summed E-state index contributed by atoms with van der Waals surface area (Å²) >= 11 is 0. The van der Waals surface area contributed by atoms with Crippen LogP contribution >= 0.6 is 0 Å². The summed E-state index contributed by atoms with van der Waals surface area (Å²) in [5.41, 5.74) is 0.117. The van der Waals surface area contributed by atoms with Crippen LogP contribution in [0.5, 0.6) is 0 Å². The van der Waals surface area contributed by atoms with Crippen molar-refractivity contribution in [1.82, 2.24) is 24.9 Å². The summed E-state index contributed by atoms with van der Waals surface area (Å²) in [6.45, 7) is 2.09. The summed E-state index contributed by atoms with van der Waals surface area (Å²) in [6.07, 6.45) is 3.34. The quantitative estimate of drug-likeness (QED) is 0.557. The minimum atomic E-state index is -0.818. The standard InChI is InChI=1S/C24H21F2N7O2/c1-31-11-17-18(12-31)24(17,13-27)21-3-2-14(8-28-21)22-19(25)6-15(7-20(22)26)33-10-16(35-23(33)34)9-32-5-4-29-30-32/h2-8,16-18H,9-12H2,1H3/t16-,17?,18?,24?/m0/s1. The van der Waals surface area contributed by atoms with Crippen LogP contribution in [0.15, 0.2) is 42.9 Å². The molecule has 0 bridgehead atoms. The highest BCUT2D eigenvalue weighted by Gasteiger charge is 2.70. The maximum Gasteiger partial charge on any atom is 0.414 e. The van der Waals surface area contributed by atoms with Crippen molar-refractivity contribution in [3.8, 4) is 17.2 Å². The molecular formula is C24H21F2N7O2. The van der Waals surface area contributed by atoms with E-state index < -0.39 is 29.2 Å². The van der Waals surface area contributed by atoms with E-state index in [2.05, 4.69) is 26.3 Å². The molecule has 2 saturated heterocycles. The first kappa shape index (κ1) is 21.6. The van der Waals surface area contributed by atoms with Gasteiger partial charge in [-0.3, -0.25) is 9.88 Å². The number of carbonyl (C=O) groups excluding carboxylic acids is 1. The van der Waals surface area contributed by atoms with E-state index in [1.807, 2.05) is 7.05 Å². The van der Waals surface area contributed by atoms with Gasteiger partial charge in [0.15, 0.2) is 0 Å². The number of amides is 1. The van der Waals surface area contributed by atoms with Gasteiger partial charge in [-0.1, -0.05) is 11.3 Å². The number of piperidine rings is 1. The molecule has 2 aliphatic heterocycles. The van der Waals surface area contributed by atoms with Crippen molar-refractivity contribution < 1.29 is 18.3 Å². The molecule has 4 heterocycles. The molecule has 0 spiro atoms. The third kappa shape index (κ3) is 3.36. The van der Waals surface area contributed by atoms with Crippen molar-refractivity contribution in [2.75, 3.05) is 31.6 Å². The second-order valence-corrected chi connectivity index (χ2v) is 9.37. The molecule has 0 N–H and O–H groups in total. The van der Waals surface area contributed by atoms with Gasteiger partial charge >= 0.3 is 6.09 Å². The van der Waals surface area contributed by atoms with Crippen molar-refractivity contribution in [3.63, 3.8) is 0 Å². The Morgan fingerprint density at radius 3 is 2.54 bits per heavy atom. The van der Waals surface area contributed by atoms with Crippen molar-refractivity contribution in [3.05, 3.63) is 60.2 Å². The number of halogens is 2. The van der Waals surface area contributed by atoms with E-state index >= 15 is 8.78 Å². The van der Waals surface area contributed by atoms with Crippen LogP contribution < -0.4 is 4.90 Å². The number of hydrogen-bond donors (Lipinski definition) is 0. The Morgan fingerprint density at radius 1 is 1.20 bits per heavy atom. The number of nitriles is 1. The van der Waals surface area contributed by atoms with Crippen LogP contribution in [-0.2, 0) is 16.7 Å². The monoisotopic (exact) mass is 477 g/mol. The van der Waals surface area contributed by atoms with Crippen LogP contribution in [0.4, 0.5) is 19.3 Å². The lowest BCUT2D eigenvalue weighted by Gasteiger charge is -2.18. The Morgan fingerprint density at radius 2 is 1.94 bits per heavy atom. The smallest absolute Gasteiger partial charge is 0.414 e. The molecule has 35 heavy (non-hydrogen) atoms. The molecule has 1 saturated carbocycles. The molecule has 1 aromatic carbocycles. The molecule has 2 aromatic heterocycles. The Balaban J connectivity index is 1.23. The van der Waals surface area contributed by atoms with Gasteiger partial charge in [0.2, 0.25) is 0 Å². The highest BCUT2D eigenvalue weighted by Crippen LogP contribution is 2.62. The summed E-state index contributed by atoms with van der Waals surface area (Å²) in [5, 5.41) is 17.4. The minimum Gasteiger partial charge on any atom is -0.442 e. The zero-order chi connectivity index (χ0) is 24.3. The molecule has 3 atom stereocenters. The average Bonchev–Trinajstić information content (AvgIpc) is 3.31. The van der Waals surface area contributed by atoms with E-state index in [0.717, 1.165) is 25.2 Å². The van der Waals surface area contributed by atoms with Gasteiger partial charge in [0.25, 0.3) is 0 Å². The van der Waals surface area contributed by atoms with Gasteiger partial charge < -0.3 is 9.64 Å². The van der Waals surface area contributed by atoms with Crippen molar-refractivity contribution in [2.45, 2.75) is 18.1 Å². The van der Waals surface area contributed by atoms with Gasteiger partial charge in [0, 0.05) is 42.9 Å². The van der Waals surface area contributed by atoms with Gasteiger partial charge in [-0.2, -0.15) is 5.26 Å². The SMILES string of the molecule is CN1CC2C(C1)C2(C#N)c1ccc(-c2c(F)cc(N3C[C@H](Cn4ccnn4)OC3=O)cc2F)cn1. The average molecular weight is 477 g/mol. The number of carbonyl (C=O) groups is 1. The summed E-state index contributed by atoms with van der Waals surface area (Å²) in [6, 6.07) is 7.95. The molecule has 1 aliphatic carbocycles. The zero-order valence-corrected chi connectivity index (χ0v) is 18.8. The minimum absolute atomic E-state index is 0.0674. The molecule has 2 unspecified atom stereocenters.